The molecule has 0 radical (unpaired) electrons. The van der Waals surface area contributed by atoms with Gasteiger partial charge in [-0.3, -0.25) is 14.6 Å². The summed E-state index contributed by atoms with van der Waals surface area (Å²) in [5, 5.41) is 9.42. The molecule has 146 valence electrons. The number of nitrogens with zero attached hydrogens (tertiary/aromatic N) is 4. The summed E-state index contributed by atoms with van der Waals surface area (Å²) in [4.78, 5) is 35.2. The van der Waals surface area contributed by atoms with E-state index in [1.54, 1.807) is 29.4 Å². The molecule has 1 atom stereocenters. The van der Waals surface area contributed by atoms with Crippen molar-refractivity contribution >= 4 is 17.5 Å². The van der Waals surface area contributed by atoms with E-state index in [-0.39, 0.29) is 29.9 Å². The van der Waals surface area contributed by atoms with Crippen LogP contribution in [0.3, 0.4) is 0 Å². The van der Waals surface area contributed by atoms with Gasteiger partial charge in [0.05, 0.1) is 5.92 Å². The summed E-state index contributed by atoms with van der Waals surface area (Å²) in [7, 11) is 0. The first-order valence-electron chi connectivity index (χ1n) is 9.59. The minimum atomic E-state index is -0.260. The van der Waals surface area contributed by atoms with Crippen molar-refractivity contribution in [3.63, 3.8) is 0 Å². The van der Waals surface area contributed by atoms with Crippen molar-refractivity contribution in [2.45, 2.75) is 13.0 Å². The monoisotopic (exact) mass is 380 g/mol. The van der Waals surface area contributed by atoms with Crippen LogP contribution in [0.5, 0.6) is 5.75 Å². The number of rotatable bonds is 4. The normalized spacial score (nSPS) is 19.9. The summed E-state index contributed by atoms with van der Waals surface area (Å²) >= 11 is 0. The van der Waals surface area contributed by atoms with Gasteiger partial charge < -0.3 is 19.8 Å². The molecule has 2 aliphatic heterocycles. The van der Waals surface area contributed by atoms with E-state index in [4.69, 9.17) is 0 Å². The molecule has 0 spiro atoms. The molecule has 7 heteroatoms. The molecule has 3 heterocycles. The van der Waals surface area contributed by atoms with Crippen molar-refractivity contribution in [3.05, 3.63) is 54.4 Å². The Morgan fingerprint density at radius 2 is 1.86 bits per heavy atom. The first-order chi connectivity index (χ1) is 13.6. The van der Waals surface area contributed by atoms with E-state index < -0.39 is 0 Å². The van der Waals surface area contributed by atoms with Gasteiger partial charge in [0.2, 0.25) is 11.8 Å². The van der Waals surface area contributed by atoms with Crippen LogP contribution in [0.15, 0.2) is 48.8 Å². The minimum absolute atomic E-state index is 0.0323. The Balaban J connectivity index is 1.31. The number of aromatic hydroxyl groups is 1. The molecular formula is C21H24N4O3. The third-order valence-electron chi connectivity index (χ3n) is 5.47. The van der Waals surface area contributed by atoms with Crippen LogP contribution in [0.1, 0.15) is 12.0 Å². The van der Waals surface area contributed by atoms with E-state index in [0.717, 1.165) is 24.3 Å². The zero-order valence-corrected chi connectivity index (χ0v) is 15.7. The van der Waals surface area contributed by atoms with E-state index in [1.807, 2.05) is 29.2 Å². The van der Waals surface area contributed by atoms with Crippen LogP contribution in [0.4, 0.5) is 5.69 Å². The standard InChI is InChI=1S/C21H24N4O3/c26-19-5-3-18(4-6-19)23-8-10-24(11-9-23)21(28)17-12-20(27)25(15-17)14-16-2-1-7-22-13-16/h1-7,13,17,26H,8-12,14-15H2. The van der Waals surface area contributed by atoms with Gasteiger partial charge in [-0.2, -0.15) is 0 Å². The molecule has 0 bridgehead atoms. The average Bonchev–Trinajstić information content (AvgIpc) is 3.09. The number of aromatic nitrogens is 1. The van der Waals surface area contributed by atoms with Gasteiger partial charge in [0.15, 0.2) is 0 Å². The van der Waals surface area contributed by atoms with Gasteiger partial charge in [0.1, 0.15) is 5.75 Å². The van der Waals surface area contributed by atoms with Crippen LogP contribution in [0.25, 0.3) is 0 Å². The van der Waals surface area contributed by atoms with Crippen molar-refractivity contribution in [1.82, 2.24) is 14.8 Å². The molecule has 1 unspecified atom stereocenters. The van der Waals surface area contributed by atoms with Gasteiger partial charge in [0, 0.05) is 63.8 Å². The summed E-state index contributed by atoms with van der Waals surface area (Å²) in [5.41, 5.74) is 2.02. The number of piperazine rings is 1. The number of phenolic OH excluding ortho intramolecular Hbond substituents is 1. The average molecular weight is 380 g/mol. The maximum Gasteiger partial charge on any atom is 0.228 e. The lowest BCUT2D eigenvalue weighted by molar-refractivity contribution is -0.136. The molecule has 1 N–H and O–H groups in total. The van der Waals surface area contributed by atoms with E-state index in [1.165, 1.54) is 0 Å². The predicted octanol–water partition coefficient (Wildman–Crippen LogP) is 1.48. The number of likely N-dealkylation sites (tertiary alicyclic amines) is 1. The van der Waals surface area contributed by atoms with E-state index in [9.17, 15) is 14.7 Å². The van der Waals surface area contributed by atoms with Gasteiger partial charge in [-0.25, -0.2) is 0 Å². The second-order valence-electron chi connectivity index (χ2n) is 7.37. The Morgan fingerprint density at radius 1 is 1.11 bits per heavy atom. The fourth-order valence-electron chi connectivity index (χ4n) is 3.91. The molecule has 1 aromatic heterocycles. The van der Waals surface area contributed by atoms with Crippen LogP contribution in [0.2, 0.25) is 0 Å². The summed E-state index contributed by atoms with van der Waals surface area (Å²) < 4.78 is 0. The number of anilines is 1. The van der Waals surface area contributed by atoms with Crippen LogP contribution >= 0.6 is 0 Å². The first-order valence-corrected chi connectivity index (χ1v) is 9.59. The molecular weight excluding hydrogens is 356 g/mol. The Bertz CT molecular complexity index is 832. The zero-order chi connectivity index (χ0) is 19.5. The Morgan fingerprint density at radius 3 is 2.54 bits per heavy atom. The van der Waals surface area contributed by atoms with Crippen LogP contribution in [-0.4, -0.2) is 64.4 Å². The Labute approximate surface area is 164 Å². The van der Waals surface area contributed by atoms with Crippen LogP contribution in [-0.2, 0) is 16.1 Å². The molecule has 2 aliphatic rings. The van der Waals surface area contributed by atoms with Gasteiger partial charge in [-0.1, -0.05) is 6.07 Å². The van der Waals surface area contributed by atoms with Crippen molar-refractivity contribution in [2.24, 2.45) is 5.92 Å². The largest absolute Gasteiger partial charge is 0.508 e. The summed E-state index contributed by atoms with van der Waals surface area (Å²) in [6.07, 6.45) is 3.75. The van der Waals surface area contributed by atoms with Gasteiger partial charge in [0.25, 0.3) is 0 Å². The third-order valence-corrected chi connectivity index (χ3v) is 5.47. The SMILES string of the molecule is O=C1CC(C(=O)N2CCN(c3ccc(O)cc3)CC2)CN1Cc1cccnc1. The lowest BCUT2D eigenvalue weighted by Crippen LogP contribution is -2.50. The Kier molecular flexibility index (Phi) is 5.14. The molecule has 0 aliphatic carbocycles. The number of hydrogen-bond donors (Lipinski definition) is 1. The Hall–Kier alpha value is -3.09. The fourth-order valence-corrected chi connectivity index (χ4v) is 3.91. The second-order valence-corrected chi connectivity index (χ2v) is 7.37. The van der Waals surface area contributed by atoms with Crippen molar-refractivity contribution in [2.75, 3.05) is 37.6 Å². The molecule has 2 saturated heterocycles. The van der Waals surface area contributed by atoms with E-state index in [2.05, 4.69) is 9.88 Å². The van der Waals surface area contributed by atoms with Crippen LogP contribution in [0, 0.1) is 5.92 Å². The van der Waals surface area contributed by atoms with Crippen molar-refractivity contribution < 1.29 is 14.7 Å². The molecule has 2 amide bonds. The van der Waals surface area contributed by atoms with Gasteiger partial charge >= 0.3 is 0 Å². The maximum absolute atomic E-state index is 12.9. The number of carbonyl (C=O) groups excluding carboxylic acids is 2. The third kappa shape index (κ3) is 3.93. The summed E-state index contributed by atoms with van der Waals surface area (Å²) in [6.45, 7) is 3.77. The highest BCUT2D eigenvalue weighted by atomic mass is 16.3. The lowest BCUT2D eigenvalue weighted by atomic mass is 10.1. The number of carbonyl (C=O) groups is 2. The second kappa shape index (κ2) is 7.88. The summed E-state index contributed by atoms with van der Waals surface area (Å²) in [6, 6.07) is 10.9. The first kappa shape index (κ1) is 18.3. The minimum Gasteiger partial charge on any atom is -0.508 e. The number of hydrogen-bond acceptors (Lipinski definition) is 5. The molecule has 2 fully saturated rings. The smallest absolute Gasteiger partial charge is 0.228 e. The van der Waals surface area contributed by atoms with Crippen molar-refractivity contribution in [1.29, 1.82) is 0 Å². The fraction of sp³-hybridized carbons (Fsp3) is 0.381. The molecule has 4 rings (SSSR count). The number of amides is 2. The molecule has 1 aromatic carbocycles. The molecule has 0 saturated carbocycles. The van der Waals surface area contributed by atoms with Crippen LogP contribution < -0.4 is 4.90 Å². The predicted molar refractivity (Wildman–Crippen MR) is 105 cm³/mol. The molecule has 2 aromatic rings. The van der Waals surface area contributed by atoms with E-state index >= 15 is 0 Å². The highest BCUT2D eigenvalue weighted by molar-refractivity contribution is 5.89. The maximum atomic E-state index is 12.9. The van der Waals surface area contributed by atoms with Gasteiger partial charge in [-0.15, -0.1) is 0 Å². The zero-order valence-electron chi connectivity index (χ0n) is 15.7. The number of pyridine rings is 1. The highest BCUT2D eigenvalue weighted by Gasteiger charge is 2.37. The molecule has 7 nitrogen and oxygen atoms in total. The van der Waals surface area contributed by atoms with Gasteiger partial charge in [-0.05, 0) is 35.9 Å². The summed E-state index contributed by atoms with van der Waals surface area (Å²) in [5.74, 6) is 0.0982. The quantitative estimate of drug-likeness (QED) is 0.870. The number of benzene rings is 1. The molecule has 28 heavy (non-hydrogen) atoms. The highest BCUT2D eigenvalue weighted by Crippen LogP contribution is 2.24. The topological polar surface area (TPSA) is 77.0 Å². The van der Waals surface area contributed by atoms with Crippen molar-refractivity contribution in [3.8, 4) is 5.75 Å². The number of phenols is 1. The van der Waals surface area contributed by atoms with E-state index in [0.29, 0.717) is 26.2 Å². The lowest BCUT2D eigenvalue weighted by Gasteiger charge is -2.37.